The predicted octanol–water partition coefficient (Wildman–Crippen LogP) is 5.19. The summed E-state index contributed by atoms with van der Waals surface area (Å²) in [5.41, 5.74) is 2.07. The highest BCUT2D eigenvalue weighted by atomic mass is 32.1. The van der Waals surface area contributed by atoms with Gasteiger partial charge in [-0.25, -0.2) is 4.79 Å². The molecule has 0 radical (unpaired) electrons. The van der Waals surface area contributed by atoms with Crippen molar-refractivity contribution in [3.8, 4) is 0 Å². The van der Waals surface area contributed by atoms with Gasteiger partial charge >= 0.3 is 6.03 Å². The van der Waals surface area contributed by atoms with E-state index >= 15 is 0 Å². The molecular formula is C21H16N4O2S. The molecule has 3 N–H and O–H groups in total. The van der Waals surface area contributed by atoms with Gasteiger partial charge in [0.15, 0.2) is 0 Å². The summed E-state index contributed by atoms with van der Waals surface area (Å²) in [6, 6.07) is 21.6. The Morgan fingerprint density at radius 2 is 1.61 bits per heavy atom. The molecular weight excluding hydrogens is 372 g/mol. The molecule has 0 saturated heterocycles. The van der Waals surface area contributed by atoms with Gasteiger partial charge in [0.1, 0.15) is 0 Å². The molecule has 0 saturated carbocycles. The third-order valence-electron chi connectivity index (χ3n) is 3.98. The summed E-state index contributed by atoms with van der Waals surface area (Å²) < 4.78 is 0. The summed E-state index contributed by atoms with van der Waals surface area (Å²) in [6.07, 6.45) is 1.69. The molecule has 4 rings (SSSR count). The van der Waals surface area contributed by atoms with Crippen LogP contribution < -0.4 is 16.0 Å². The maximum atomic E-state index is 12.6. The summed E-state index contributed by atoms with van der Waals surface area (Å²) in [5, 5.41) is 9.89. The molecule has 2 aromatic carbocycles. The van der Waals surface area contributed by atoms with Crippen LogP contribution in [0, 0.1) is 0 Å². The van der Waals surface area contributed by atoms with Crippen molar-refractivity contribution >= 4 is 50.6 Å². The van der Waals surface area contributed by atoms with E-state index in [-0.39, 0.29) is 11.9 Å². The molecule has 0 aliphatic heterocycles. The zero-order valence-corrected chi connectivity index (χ0v) is 15.5. The van der Waals surface area contributed by atoms with Crippen molar-refractivity contribution in [3.05, 3.63) is 83.9 Å². The van der Waals surface area contributed by atoms with Crippen LogP contribution in [-0.4, -0.2) is 16.9 Å². The van der Waals surface area contributed by atoms with E-state index in [1.165, 1.54) is 11.3 Å². The zero-order chi connectivity index (χ0) is 19.3. The number of rotatable bonds is 4. The van der Waals surface area contributed by atoms with Gasteiger partial charge < -0.3 is 10.6 Å². The molecule has 3 amide bonds. The third kappa shape index (κ3) is 3.99. The number of urea groups is 1. The van der Waals surface area contributed by atoms with Crippen molar-refractivity contribution in [2.45, 2.75) is 0 Å². The van der Waals surface area contributed by atoms with Crippen LogP contribution in [0.5, 0.6) is 0 Å². The van der Waals surface area contributed by atoms with E-state index in [1.54, 1.807) is 30.5 Å². The van der Waals surface area contributed by atoms with E-state index in [4.69, 9.17) is 0 Å². The fraction of sp³-hybridized carbons (Fsp3) is 0. The fourth-order valence-corrected chi connectivity index (χ4v) is 3.51. The standard InChI is InChI=1S/C21H16N4O2S/c26-20(24-16-10-4-6-14-7-5-13-22-19(14)16)17-11-12-18(28-17)25-21(27)23-15-8-2-1-3-9-15/h1-13H,(H,24,26)(H2,23,25,27). The molecule has 28 heavy (non-hydrogen) atoms. The van der Waals surface area contributed by atoms with Gasteiger partial charge in [-0.3, -0.25) is 15.1 Å². The number of anilines is 3. The molecule has 6 nitrogen and oxygen atoms in total. The summed E-state index contributed by atoms with van der Waals surface area (Å²) in [7, 11) is 0. The first-order chi connectivity index (χ1) is 13.7. The van der Waals surface area contributed by atoms with Crippen LogP contribution in [0.25, 0.3) is 10.9 Å². The van der Waals surface area contributed by atoms with Gasteiger partial charge in [-0.05, 0) is 36.4 Å². The number of hydrogen-bond donors (Lipinski definition) is 3. The van der Waals surface area contributed by atoms with Crippen LogP contribution >= 0.6 is 11.3 Å². The zero-order valence-electron chi connectivity index (χ0n) is 14.7. The van der Waals surface area contributed by atoms with Crippen molar-refractivity contribution in [3.63, 3.8) is 0 Å². The summed E-state index contributed by atoms with van der Waals surface area (Å²) in [4.78, 5) is 29.5. The van der Waals surface area contributed by atoms with Gasteiger partial charge in [0.2, 0.25) is 0 Å². The number of carbonyl (C=O) groups is 2. The lowest BCUT2D eigenvalue weighted by Gasteiger charge is -2.07. The first kappa shape index (κ1) is 17.7. The Hall–Kier alpha value is -3.71. The lowest BCUT2D eigenvalue weighted by molar-refractivity contribution is 0.103. The number of aromatic nitrogens is 1. The van der Waals surface area contributed by atoms with E-state index in [0.29, 0.717) is 21.3 Å². The van der Waals surface area contributed by atoms with Gasteiger partial charge in [0, 0.05) is 17.3 Å². The number of nitrogens with one attached hydrogen (secondary N) is 3. The molecule has 0 spiro atoms. The minimum Gasteiger partial charge on any atom is -0.319 e. The highest BCUT2D eigenvalue weighted by molar-refractivity contribution is 7.18. The Balaban J connectivity index is 1.43. The molecule has 4 aromatic rings. The van der Waals surface area contributed by atoms with Gasteiger partial charge in [-0.1, -0.05) is 36.4 Å². The van der Waals surface area contributed by atoms with Crippen LogP contribution in [-0.2, 0) is 0 Å². The molecule has 0 atom stereocenters. The van der Waals surface area contributed by atoms with Crippen LogP contribution in [0.15, 0.2) is 79.0 Å². The smallest absolute Gasteiger partial charge is 0.319 e. The number of nitrogens with zero attached hydrogens (tertiary/aromatic N) is 1. The first-order valence-corrected chi connectivity index (χ1v) is 9.39. The molecule has 0 bridgehead atoms. The van der Waals surface area contributed by atoms with E-state index in [2.05, 4.69) is 20.9 Å². The Labute approximate surface area is 165 Å². The molecule has 0 fully saturated rings. The van der Waals surface area contributed by atoms with Crippen LogP contribution in [0.1, 0.15) is 9.67 Å². The van der Waals surface area contributed by atoms with Gasteiger partial charge in [-0.15, -0.1) is 11.3 Å². The van der Waals surface area contributed by atoms with E-state index in [9.17, 15) is 9.59 Å². The SMILES string of the molecule is O=C(Nc1ccccc1)Nc1ccc(C(=O)Nc2cccc3cccnc23)s1. The second-order valence-corrected chi connectivity index (χ2v) is 7.03. The number of fused-ring (bicyclic) bond motifs is 1. The van der Waals surface area contributed by atoms with Crippen molar-refractivity contribution < 1.29 is 9.59 Å². The number of para-hydroxylation sites is 2. The summed E-state index contributed by atoms with van der Waals surface area (Å²) >= 11 is 1.20. The highest BCUT2D eigenvalue weighted by Crippen LogP contribution is 2.25. The average Bonchev–Trinajstić information content (AvgIpc) is 3.17. The lowest BCUT2D eigenvalue weighted by Crippen LogP contribution is -2.18. The molecule has 0 aliphatic rings. The minimum absolute atomic E-state index is 0.250. The fourth-order valence-electron chi connectivity index (χ4n) is 2.71. The molecule has 2 heterocycles. The Morgan fingerprint density at radius 1 is 0.786 bits per heavy atom. The first-order valence-electron chi connectivity index (χ1n) is 8.57. The Kier molecular flexibility index (Phi) is 4.99. The van der Waals surface area contributed by atoms with E-state index in [1.807, 2.05) is 48.5 Å². The van der Waals surface area contributed by atoms with Crippen molar-refractivity contribution in [2.75, 3.05) is 16.0 Å². The van der Waals surface area contributed by atoms with Crippen LogP contribution in [0.3, 0.4) is 0 Å². The van der Waals surface area contributed by atoms with Gasteiger partial charge in [-0.2, -0.15) is 0 Å². The number of hydrogen-bond acceptors (Lipinski definition) is 4. The molecule has 0 aliphatic carbocycles. The number of pyridine rings is 1. The van der Waals surface area contributed by atoms with Crippen molar-refractivity contribution in [1.82, 2.24) is 4.98 Å². The van der Waals surface area contributed by atoms with Gasteiger partial charge in [0.05, 0.1) is 21.1 Å². The second-order valence-electron chi connectivity index (χ2n) is 5.94. The summed E-state index contributed by atoms with van der Waals surface area (Å²) in [5.74, 6) is -0.250. The third-order valence-corrected chi connectivity index (χ3v) is 4.98. The van der Waals surface area contributed by atoms with E-state index < -0.39 is 0 Å². The lowest BCUT2D eigenvalue weighted by atomic mass is 10.2. The van der Waals surface area contributed by atoms with Crippen LogP contribution in [0.4, 0.5) is 21.2 Å². The van der Waals surface area contributed by atoms with E-state index in [0.717, 1.165) is 10.9 Å². The largest absolute Gasteiger partial charge is 0.324 e. The molecule has 2 aromatic heterocycles. The monoisotopic (exact) mass is 388 g/mol. The number of carbonyl (C=O) groups excluding carboxylic acids is 2. The maximum Gasteiger partial charge on any atom is 0.324 e. The quantitative estimate of drug-likeness (QED) is 0.450. The Morgan fingerprint density at radius 3 is 2.46 bits per heavy atom. The number of benzene rings is 2. The summed E-state index contributed by atoms with van der Waals surface area (Å²) in [6.45, 7) is 0. The second kappa shape index (κ2) is 7.89. The van der Waals surface area contributed by atoms with Gasteiger partial charge in [0.25, 0.3) is 5.91 Å². The molecule has 7 heteroatoms. The minimum atomic E-state index is -0.363. The number of amides is 3. The predicted molar refractivity (Wildman–Crippen MR) is 113 cm³/mol. The Bertz CT molecular complexity index is 1140. The normalized spacial score (nSPS) is 10.4. The van der Waals surface area contributed by atoms with Crippen LogP contribution in [0.2, 0.25) is 0 Å². The molecule has 138 valence electrons. The topological polar surface area (TPSA) is 83.1 Å². The maximum absolute atomic E-state index is 12.6. The highest BCUT2D eigenvalue weighted by Gasteiger charge is 2.13. The average molecular weight is 388 g/mol. The van der Waals surface area contributed by atoms with Crippen molar-refractivity contribution in [2.24, 2.45) is 0 Å². The number of thiophene rings is 1. The van der Waals surface area contributed by atoms with Crippen molar-refractivity contribution in [1.29, 1.82) is 0 Å². The molecule has 0 unspecified atom stereocenters.